The van der Waals surface area contributed by atoms with Gasteiger partial charge < -0.3 is 19.8 Å². The lowest BCUT2D eigenvalue weighted by atomic mass is 10.2. The van der Waals surface area contributed by atoms with Gasteiger partial charge in [0.2, 0.25) is 5.91 Å². The summed E-state index contributed by atoms with van der Waals surface area (Å²) >= 11 is 0. The molecule has 0 radical (unpaired) electrons. The Balaban J connectivity index is 1.33. The monoisotopic (exact) mass is 462 g/mol. The molecule has 1 aliphatic rings. The van der Waals surface area contributed by atoms with Crippen molar-refractivity contribution in [3.63, 3.8) is 0 Å². The lowest BCUT2D eigenvalue weighted by molar-refractivity contribution is -0.117. The zero-order valence-corrected chi connectivity index (χ0v) is 19.5. The summed E-state index contributed by atoms with van der Waals surface area (Å²) in [4.78, 5) is 32.7. The topological polar surface area (TPSA) is 86.9 Å². The maximum atomic E-state index is 12.9. The van der Waals surface area contributed by atoms with Crippen molar-refractivity contribution in [2.75, 3.05) is 58.8 Å². The average Bonchev–Trinajstić information content (AvgIpc) is 3.22. The van der Waals surface area contributed by atoms with Gasteiger partial charge in [-0.25, -0.2) is 4.79 Å². The number of anilines is 1. The normalized spacial score (nSPS) is 15.0. The van der Waals surface area contributed by atoms with Gasteiger partial charge in [-0.05, 0) is 17.7 Å². The van der Waals surface area contributed by atoms with Crippen molar-refractivity contribution in [1.29, 1.82) is 0 Å². The number of rotatable bonds is 8. The summed E-state index contributed by atoms with van der Waals surface area (Å²) in [6.07, 6.45) is 4.31. The molecule has 2 N–H and O–H groups in total. The Morgan fingerprint density at radius 2 is 1.76 bits per heavy atom. The molecule has 3 aromatic rings. The number of nitrogens with zero attached hydrogens (tertiary/aromatic N) is 2. The van der Waals surface area contributed by atoms with Crippen LogP contribution in [0.2, 0.25) is 0 Å². The molecule has 1 amide bonds. The molecular weight excluding hydrogens is 432 g/mol. The van der Waals surface area contributed by atoms with Crippen LogP contribution in [0.4, 0.5) is 5.69 Å². The first-order valence-corrected chi connectivity index (χ1v) is 11.3. The molecule has 2 heterocycles. The number of carbonyl (C=O) groups excluding carboxylic acids is 2. The third-order valence-electron chi connectivity index (χ3n) is 5.97. The van der Waals surface area contributed by atoms with Crippen molar-refractivity contribution < 1.29 is 19.1 Å². The second-order valence-electron chi connectivity index (χ2n) is 8.22. The lowest BCUT2D eigenvalue weighted by Gasteiger charge is -2.33. The van der Waals surface area contributed by atoms with Crippen molar-refractivity contribution in [2.45, 2.75) is 0 Å². The predicted molar refractivity (Wildman–Crippen MR) is 133 cm³/mol. The van der Waals surface area contributed by atoms with Crippen LogP contribution >= 0.6 is 0 Å². The molecule has 1 aromatic heterocycles. The summed E-state index contributed by atoms with van der Waals surface area (Å²) in [7, 11) is 2.89. The number of methoxy groups -OCH3 is 2. The summed E-state index contributed by atoms with van der Waals surface area (Å²) in [6.45, 7) is 4.55. The fourth-order valence-electron chi connectivity index (χ4n) is 4.10. The van der Waals surface area contributed by atoms with E-state index in [4.69, 9.17) is 9.47 Å². The average molecular weight is 463 g/mol. The van der Waals surface area contributed by atoms with Crippen LogP contribution < -0.4 is 10.1 Å². The molecule has 1 fully saturated rings. The van der Waals surface area contributed by atoms with E-state index in [9.17, 15) is 9.59 Å². The fourth-order valence-corrected chi connectivity index (χ4v) is 4.10. The number of hydrogen-bond donors (Lipinski definition) is 2. The number of aromatic amines is 1. The van der Waals surface area contributed by atoms with Crippen molar-refractivity contribution in [1.82, 2.24) is 14.8 Å². The standard InChI is InChI=1S/C26H30N4O4/c1-33-20-10-11-21-22(17-20)27-25(26(32)34-2)24(21)28-23(31)18-30-15-13-29(14-16-30)12-6-9-19-7-4-3-5-8-19/h3-11,17,27H,12-16,18H2,1-2H3,(H,28,31). The van der Waals surface area contributed by atoms with Crippen LogP contribution in [0.5, 0.6) is 5.75 Å². The highest BCUT2D eigenvalue weighted by atomic mass is 16.5. The number of amides is 1. The maximum absolute atomic E-state index is 12.9. The van der Waals surface area contributed by atoms with E-state index >= 15 is 0 Å². The molecule has 0 bridgehead atoms. The Hall–Kier alpha value is -3.62. The molecule has 0 unspecified atom stereocenters. The number of piperazine rings is 1. The Morgan fingerprint density at radius 3 is 2.47 bits per heavy atom. The smallest absolute Gasteiger partial charge is 0.356 e. The van der Waals surface area contributed by atoms with Gasteiger partial charge in [-0.1, -0.05) is 42.5 Å². The van der Waals surface area contributed by atoms with Gasteiger partial charge in [-0.2, -0.15) is 0 Å². The van der Waals surface area contributed by atoms with E-state index in [1.807, 2.05) is 24.3 Å². The molecule has 0 aliphatic carbocycles. The molecule has 4 rings (SSSR count). The van der Waals surface area contributed by atoms with Crippen LogP contribution in [-0.2, 0) is 9.53 Å². The van der Waals surface area contributed by atoms with Crippen LogP contribution in [0.3, 0.4) is 0 Å². The van der Waals surface area contributed by atoms with E-state index < -0.39 is 5.97 Å². The molecule has 1 aliphatic heterocycles. The molecule has 0 atom stereocenters. The van der Waals surface area contributed by atoms with Crippen molar-refractivity contribution in [2.24, 2.45) is 0 Å². The van der Waals surface area contributed by atoms with Crippen LogP contribution in [0, 0.1) is 0 Å². The molecule has 2 aromatic carbocycles. The van der Waals surface area contributed by atoms with Gasteiger partial charge in [0.25, 0.3) is 0 Å². The first kappa shape index (κ1) is 23.5. The molecule has 8 nitrogen and oxygen atoms in total. The highest BCUT2D eigenvalue weighted by molar-refractivity contribution is 6.11. The quantitative estimate of drug-likeness (QED) is 0.500. The van der Waals surface area contributed by atoms with Crippen LogP contribution in [0.1, 0.15) is 16.1 Å². The van der Waals surface area contributed by atoms with Gasteiger partial charge in [0, 0.05) is 44.2 Å². The SMILES string of the molecule is COC(=O)c1[nH]c2cc(OC)ccc2c1NC(=O)CN1CCN(CC=Cc2ccccc2)CC1. The Bertz CT molecular complexity index is 1160. The number of carbonyl (C=O) groups is 2. The number of hydrogen-bond acceptors (Lipinski definition) is 6. The van der Waals surface area contributed by atoms with E-state index in [2.05, 4.69) is 44.4 Å². The summed E-state index contributed by atoms with van der Waals surface area (Å²) in [5.41, 5.74) is 2.53. The minimum atomic E-state index is -0.539. The fraction of sp³-hybridized carbons (Fsp3) is 0.308. The van der Waals surface area contributed by atoms with E-state index in [1.54, 1.807) is 19.2 Å². The first-order chi connectivity index (χ1) is 16.6. The van der Waals surface area contributed by atoms with E-state index in [0.29, 0.717) is 17.0 Å². The number of H-pyrrole nitrogens is 1. The van der Waals surface area contributed by atoms with Gasteiger partial charge in [0.05, 0.1) is 32.0 Å². The van der Waals surface area contributed by atoms with Crippen LogP contribution in [0.15, 0.2) is 54.6 Å². The second kappa shape index (κ2) is 11.0. The van der Waals surface area contributed by atoms with Gasteiger partial charge >= 0.3 is 5.97 Å². The van der Waals surface area contributed by atoms with Crippen LogP contribution in [0.25, 0.3) is 17.0 Å². The third kappa shape index (κ3) is 5.65. The summed E-state index contributed by atoms with van der Waals surface area (Å²) in [5.74, 6) is -0.0542. The van der Waals surface area contributed by atoms with Crippen molar-refractivity contribution in [3.05, 3.63) is 65.9 Å². The minimum absolute atomic E-state index is 0.167. The summed E-state index contributed by atoms with van der Waals surface area (Å²) in [5, 5.41) is 3.65. The van der Waals surface area contributed by atoms with E-state index in [1.165, 1.54) is 12.7 Å². The molecule has 8 heteroatoms. The first-order valence-electron chi connectivity index (χ1n) is 11.3. The predicted octanol–water partition coefficient (Wildman–Crippen LogP) is 3.23. The van der Waals surface area contributed by atoms with E-state index in [-0.39, 0.29) is 18.1 Å². The maximum Gasteiger partial charge on any atom is 0.356 e. The molecule has 1 saturated heterocycles. The summed E-state index contributed by atoms with van der Waals surface area (Å²) in [6, 6.07) is 15.6. The molecule has 0 spiro atoms. The van der Waals surface area contributed by atoms with Crippen molar-refractivity contribution in [3.8, 4) is 5.75 Å². The Labute approximate surface area is 199 Å². The Kier molecular flexibility index (Phi) is 7.61. The van der Waals surface area contributed by atoms with Gasteiger partial charge in [-0.3, -0.25) is 14.6 Å². The zero-order chi connectivity index (χ0) is 23.9. The zero-order valence-electron chi connectivity index (χ0n) is 19.5. The largest absolute Gasteiger partial charge is 0.497 e. The molecular formula is C26H30N4O4. The number of nitrogens with one attached hydrogen (secondary N) is 2. The number of fused-ring (bicyclic) bond motifs is 1. The van der Waals surface area contributed by atoms with Crippen LogP contribution in [-0.4, -0.2) is 80.1 Å². The Morgan fingerprint density at radius 1 is 1.03 bits per heavy atom. The second-order valence-corrected chi connectivity index (χ2v) is 8.22. The lowest BCUT2D eigenvalue weighted by Crippen LogP contribution is -2.48. The molecule has 34 heavy (non-hydrogen) atoms. The highest BCUT2D eigenvalue weighted by Crippen LogP contribution is 2.31. The number of aromatic nitrogens is 1. The van der Waals surface area contributed by atoms with Gasteiger partial charge in [-0.15, -0.1) is 0 Å². The highest BCUT2D eigenvalue weighted by Gasteiger charge is 2.23. The number of esters is 1. The summed E-state index contributed by atoms with van der Waals surface area (Å²) < 4.78 is 10.1. The number of ether oxygens (including phenoxy) is 2. The minimum Gasteiger partial charge on any atom is -0.497 e. The van der Waals surface area contributed by atoms with Crippen molar-refractivity contribution >= 4 is 34.5 Å². The third-order valence-corrected chi connectivity index (χ3v) is 5.97. The van der Waals surface area contributed by atoms with Gasteiger partial charge in [0.15, 0.2) is 0 Å². The van der Waals surface area contributed by atoms with E-state index in [0.717, 1.165) is 38.1 Å². The molecule has 178 valence electrons. The molecule has 0 saturated carbocycles. The van der Waals surface area contributed by atoms with Gasteiger partial charge in [0.1, 0.15) is 11.4 Å². The number of benzene rings is 2.